The number of H-pyrrole nitrogens is 1. The monoisotopic (exact) mass is 347 g/mol. The molecule has 3 heterocycles. The van der Waals surface area contributed by atoms with Gasteiger partial charge in [-0.05, 0) is 30.5 Å². The molecule has 0 spiro atoms. The van der Waals surface area contributed by atoms with Gasteiger partial charge in [-0.2, -0.15) is 0 Å². The van der Waals surface area contributed by atoms with Crippen molar-refractivity contribution in [1.29, 1.82) is 0 Å². The first kappa shape index (κ1) is 16.3. The molecule has 1 atom stereocenters. The van der Waals surface area contributed by atoms with Crippen molar-refractivity contribution >= 4 is 22.5 Å². The van der Waals surface area contributed by atoms with Gasteiger partial charge in [-0.1, -0.05) is 38.1 Å². The van der Waals surface area contributed by atoms with E-state index in [1.807, 2.05) is 53.1 Å². The topological polar surface area (TPSA) is 75.1 Å². The van der Waals surface area contributed by atoms with Crippen LogP contribution in [0.25, 0.3) is 16.6 Å². The lowest BCUT2D eigenvalue weighted by Crippen LogP contribution is -2.30. The molecule has 4 aromatic rings. The smallest absolute Gasteiger partial charge is 0.254 e. The number of pyridine rings is 1. The van der Waals surface area contributed by atoms with Crippen LogP contribution in [0, 0.1) is 5.92 Å². The van der Waals surface area contributed by atoms with Crippen LogP contribution in [0.15, 0.2) is 54.9 Å². The number of hydrogen-bond acceptors (Lipinski definition) is 3. The average Bonchev–Trinajstić information content (AvgIpc) is 3.25. The van der Waals surface area contributed by atoms with Crippen LogP contribution in [0.5, 0.6) is 0 Å². The number of nitrogens with zero attached hydrogens (tertiary/aromatic N) is 3. The van der Waals surface area contributed by atoms with Crippen molar-refractivity contribution in [3.8, 4) is 0 Å². The predicted octanol–water partition coefficient (Wildman–Crippen LogP) is 3.73. The number of nitrogens with one attached hydrogen (secondary N) is 2. The summed E-state index contributed by atoms with van der Waals surface area (Å²) in [6.07, 6.45) is 4.47. The van der Waals surface area contributed by atoms with Gasteiger partial charge >= 0.3 is 0 Å². The Morgan fingerprint density at radius 1 is 1.15 bits per heavy atom. The Balaban J connectivity index is 1.68. The normalized spacial score (nSPS) is 12.7. The van der Waals surface area contributed by atoms with Crippen molar-refractivity contribution in [2.24, 2.45) is 5.92 Å². The summed E-state index contributed by atoms with van der Waals surface area (Å²) in [7, 11) is 0. The van der Waals surface area contributed by atoms with Crippen molar-refractivity contribution in [3.63, 3.8) is 0 Å². The Kier molecular flexibility index (Phi) is 4.16. The van der Waals surface area contributed by atoms with E-state index in [1.54, 1.807) is 6.20 Å². The molecule has 0 aliphatic rings. The van der Waals surface area contributed by atoms with Gasteiger partial charge in [0.1, 0.15) is 0 Å². The predicted molar refractivity (Wildman–Crippen MR) is 101 cm³/mol. The molecule has 0 fully saturated rings. The molecule has 1 amide bonds. The van der Waals surface area contributed by atoms with Crippen LogP contribution in [0.1, 0.15) is 42.5 Å². The molecule has 6 nitrogen and oxygen atoms in total. The fraction of sp³-hybridized carbons (Fsp3) is 0.250. The molecule has 0 saturated carbocycles. The third-order valence-electron chi connectivity index (χ3n) is 4.50. The molecule has 0 aliphatic heterocycles. The average molecular weight is 347 g/mol. The van der Waals surface area contributed by atoms with Gasteiger partial charge in [-0.25, -0.2) is 0 Å². The Hall–Kier alpha value is -3.15. The Labute approximate surface area is 151 Å². The zero-order valence-electron chi connectivity index (χ0n) is 14.8. The zero-order valence-corrected chi connectivity index (χ0v) is 14.8. The maximum atomic E-state index is 13.0. The van der Waals surface area contributed by atoms with E-state index in [-0.39, 0.29) is 11.9 Å². The maximum Gasteiger partial charge on any atom is 0.254 e. The Morgan fingerprint density at radius 2 is 1.96 bits per heavy atom. The molecule has 2 N–H and O–H groups in total. The zero-order chi connectivity index (χ0) is 18.1. The van der Waals surface area contributed by atoms with Crippen molar-refractivity contribution in [2.45, 2.75) is 26.3 Å². The van der Waals surface area contributed by atoms with E-state index in [1.165, 1.54) is 0 Å². The van der Waals surface area contributed by atoms with Crippen molar-refractivity contribution in [1.82, 2.24) is 24.9 Å². The van der Waals surface area contributed by atoms with E-state index in [2.05, 4.69) is 34.3 Å². The summed E-state index contributed by atoms with van der Waals surface area (Å²) in [6.45, 7) is 4.27. The second kappa shape index (κ2) is 6.63. The van der Waals surface area contributed by atoms with E-state index in [0.29, 0.717) is 11.5 Å². The third-order valence-corrected chi connectivity index (χ3v) is 4.50. The molecular weight excluding hydrogens is 326 g/mol. The highest BCUT2D eigenvalue weighted by Crippen LogP contribution is 2.23. The Morgan fingerprint density at radius 3 is 2.81 bits per heavy atom. The second-order valence-electron chi connectivity index (χ2n) is 6.89. The van der Waals surface area contributed by atoms with Gasteiger partial charge in [0.2, 0.25) is 0 Å². The highest BCUT2D eigenvalue weighted by molar-refractivity contribution is 6.06. The fourth-order valence-electron chi connectivity index (χ4n) is 3.29. The molecule has 132 valence electrons. The van der Waals surface area contributed by atoms with Gasteiger partial charge < -0.3 is 10.3 Å². The number of carbonyl (C=O) groups excluding carboxylic acids is 1. The molecule has 0 radical (unpaired) electrons. The summed E-state index contributed by atoms with van der Waals surface area (Å²) >= 11 is 0. The van der Waals surface area contributed by atoms with E-state index in [9.17, 15) is 4.79 Å². The number of aromatic amines is 1. The third kappa shape index (κ3) is 2.94. The minimum Gasteiger partial charge on any atom is -0.360 e. The summed E-state index contributed by atoms with van der Waals surface area (Å²) < 4.78 is 1.93. The van der Waals surface area contributed by atoms with Crippen molar-refractivity contribution in [3.05, 3.63) is 66.2 Å². The molecule has 6 heteroatoms. The summed E-state index contributed by atoms with van der Waals surface area (Å²) in [5.74, 6) is 1.04. The molecular formula is C20H21N5O. The van der Waals surface area contributed by atoms with Crippen LogP contribution >= 0.6 is 0 Å². The van der Waals surface area contributed by atoms with Gasteiger partial charge in [0.15, 0.2) is 11.5 Å². The lowest BCUT2D eigenvalue weighted by molar-refractivity contribution is 0.0931. The number of fused-ring (bicyclic) bond motifs is 2. The summed E-state index contributed by atoms with van der Waals surface area (Å²) in [5.41, 5.74) is 2.37. The SMILES string of the molecule is CC(C)C[C@@H](NC(=O)c1c[nH]c2ccccc12)c1nnc2ccccn12. The highest BCUT2D eigenvalue weighted by atomic mass is 16.1. The molecule has 1 aromatic carbocycles. The lowest BCUT2D eigenvalue weighted by Gasteiger charge is -2.19. The van der Waals surface area contributed by atoms with Gasteiger partial charge in [0.25, 0.3) is 5.91 Å². The number of para-hydroxylation sites is 1. The summed E-state index contributed by atoms with van der Waals surface area (Å²) in [6, 6.07) is 13.4. The summed E-state index contributed by atoms with van der Waals surface area (Å²) in [4.78, 5) is 16.1. The first-order valence-corrected chi connectivity index (χ1v) is 8.80. The van der Waals surface area contributed by atoms with Gasteiger partial charge in [0, 0.05) is 23.3 Å². The number of amides is 1. The standard InChI is InChI=1S/C20H21N5O/c1-13(2)11-17(19-24-23-18-9-5-6-10-25(18)19)22-20(26)15-12-21-16-8-4-3-7-14(15)16/h3-10,12-13,17,21H,11H2,1-2H3,(H,22,26)/t17-/m1/s1. The molecule has 0 unspecified atom stereocenters. The largest absolute Gasteiger partial charge is 0.360 e. The van der Waals surface area contributed by atoms with Crippen LogP contribution in [0.4, 0.5) is 0 Å². The number of rotatable bonds is 5. The van der Waals surface area contributed by atoms with E-state index in [4.69, 9.17) is 0 Å². The lowest BCUT2D eigenvalue weighted by atomic mass is 10.0. The van der Waals surface area contributed by atoms with E-state index < -0.39 is 0 Å². The number of hydrogen-bond donors (Lipinski definition) is 2. The number of carbonyl (C=O) groups is 1. The van der Waals surface area contributed by atoms with Crippen LogP contribution in [0.2, 0.25) is 0 Å². The number of aromatic nitrogens is 4. The molecule has 26 heavy (non-hydrogen) atoms. The van der Waals surface area contributed by atoms with E-state index >= 15 is 0 Å². The quantitative estimate of drug-likeness (QED) is 0.578. The minimum absolute atomic E-state index is 0.110. The van der Waals surface area contributed by atoms with E-state index in [0.717, 1.165) is 28.8 Å². The van der Waals surface area contributed by atoms with Crippen LogP contribution < -0.4 is 5.32 Å². The van der Waals surface area contributed by atoms with Crippen LogP contribution in [-0.2, 0) is 0 Å². The molecule has 0 saturated heterocycles. The van der Waals surface area contributed by atoms with Crippen molar-refractivity contribution < 1.29 is 4.79 Å². The van der Waals surface area contributed by atoms with Gasteiger partial charge in [-0.15, -0.1) is 10.2 Å². The first-order valence-electron chi connectivity index (χ1n) is 8.80. The molecule has 4 rings (SSSR count). The fourth-order valence-corrected chi connectivity index (χ4v) is 3.29. The summed E-state index contributed by atoms with van der Waals surface area (Å²) in [5, 5.41) is 12.6. The van der Waals surface area contributed by atoms with Crippen molar-refractivity contribution in [2.75, 3.05) is 0 Å². The van der Waals surface area contributed by atoms with Crippen LogP contribution in [0.3, 0.4) is 0 Å². The van der Waals surface area contributed by atoms with Gasteiger partial charge in [0.05, 0.1) is 11.6 Å². The van der Waals surface area contributed by atoms with Crippen LogP contribution in [-0.4, -0.2) is 25.5 Å². The van der Waals surface area contributed by atoms with Gasteiger partial charge in [-0.3, -0.25) is 9.20 Å². The highest BCUT2D eigenvalue weighted by Gasteiger charge is 2.23. The minimum atomic E-state index is -0.214. The molecule has 0 aliphatic carbocycles. The number of benzene rings is 1. The molecule has 3 aromatic heterocycles. The maximum absolute atomic E-state index is 13.0. The second-order valence-corrected chi connectivity index (χ2v) is 6.89. The first-order chi connectivity index (χ1) is 12.6. The molecule has 0 bridgehead atoms. The Bertz CT molecular complexity index is 1060.